The maximum absolute atomic E-state index is 11.6. The molecule has 1 saturated heterocycles. The van der Waals surface area contributed by atoms with Gasteiger partial charge in [-0.3, -0.25) is 9.59 Å². The number of Topliss-reactive ketones (excluding diaryl/α,β-unsaturated/α-hetero) is 1. The van der Waals surface area contributed by atoms with Crippen LogP contribution in [0.25, 0.3) is 6.08 Å². The van der Waals surface area contributed by atoms with Crippen molar-refractivity contribution in [3.05, 3.63) is 27.9 Å². The lowest BCUT2D eigenvalue weighted by Crippen LogP contribution is -2.12. The third kappa shape index (κ3) is 3.64. The maximum Gasteiger partial charge on any atom is 0.232 e. The summed E-state index contributed by atoms with van der Waals surface area (Å²) >= 11 is 3.44. The summed E-state index contributed by atoms with van der Waals surface area (Å²) in [6.07, 6.45) is 1.54. The minimum Gasteiger partial charge on any atom is -0.490 e. The van der Waals surface area contributed by atoms with Crippen LogP contribution in [0.3, 0.4) is 0 Å². The lowest BCUT2D eigenvalue weighted by Gasteiger charge is -2.13. The van der Waals surface area contributed by atoms with Gasteiger partial charge in [0.05, 0.1) is 29.8 Å². The van der Waals surface area contributed by atoms with E-state index in [-0.39, 0.29) is 18.1 Å². The molecule has 1 fully saturated rings. The quantitative estimate of drug-likeness (QED) is 0.652. The number of nitrogens with one attached hydrogen (secondary N) is 1. The third-order valence-electron chi connectivity index (χ3n) is 2.83. The molecule has 1 N–H and O–H groups in total. The van der Waals surface area contributed by atoms with E-state index < -0.39 is 0 Å². The number of ether oxygens (including phenoxy) is 2. The number of hydrogen-bond acceptors (Lipinski definition) is 4. The van der Waals surface area contributed by atoms with Crippen molar-refractivity contribution in [1.82, 2.24) is 5.32 Å². The average Bonchev–Trinajstić information content (AvgIpc) is 2.72. The lowest BCUT2D eigenvalue weighted by atomic mass is 10.1. The SMILES string of the molecule is CCOc1cc(/C=C2\NC(=O)CC2=O)cc(Br)c1OCC. The summed E-state index contributed by atoms with van der Waals surface area (Å²) in [5.41, 5.74) is 1.05. The Morgan fingerprint density at radius 3 is 2.52 bits per heavy atom. The Bertz CT molecular complexity index is 610. The zero-order valence-electron chi connectivity index (χ0n) is 11.9. The number of amides is 1. The van der Waals surface area contributed by atoms with Crippen molar-refractivity contribution >= 4 is 33.7 Å². The second-order valence-corrected chi connectivity index (χ2v) is 5.26. The van der Waals surface area contributed by atoms with Gasteiger partial charge in [-0.05, 0) is 53.5 Å². The van der Waals surface area contributed by atoms with Crippen LogP contribution in [0.4, 0.5) is 0 Å². The summed E-state index contributed by atoms with van der Waals surface area (Å²) in [6.45, 7) is 4.80. The molecule has 0 aromatic heterocycles. The first-order valence-electron chi connectivity index (χ1n) is 6.69. The van der Waals surface area contributed by atoms with E-state index in [4.69, 9.17) is 9.47 Å². The Kier molecular flexibility index (Phi) is 5.01. The van der Waals surface area contributed by atoms with Crippen LogP contribution in [-0.2, 0) is 9.59 Å². The Morgan fingerprint density at radius 1 is 1.24 bits per heavy atom. The summed E-state index contributed by atoms with van der Waals surface area (Å²) < 4.78 is 11.9. The van der Waals surface area contributed by atoms with E-state index in [1.54, 1.807) is 12.1 Å². The van der Waals surface area contributed by atoms with Crippen molar-refractivity contribution in [1.29, 1.82) is 0 Å². The van der Waals surface area contributed by atoms with E-state index in [9.17, 15) is 9.59 Å². The van der Waals surface area contributed by atoms with E-state index in [1.165, 1.54) is 0 Å². The highest BCUT2D eigenvalue weighted by molar-refractivity contribution is 9.10. The van der Waals surface area contributed by atoms with Gasteiger partial charge in [-0.25, -0.2) is 0 Å². The van der Waals surface area contributed by atoms with Crippen molar-refractivity contribution < 1.29 is 19.1 Å². The van der Waals surface area contributed by atoms with Gasteiger partial charge in [-0.15, -0.1) is 0 Å². The van der Waals surface area contributed by atoms with Gasteiger partial charge in [0.25, 0.3) is 0 Å². The van der Waals surface area contributed by atoms with Gasteiger partial charge in [0, 0.05) is 0 Å². The van der Waals surface area contributed by atoms with E-state index >= 15 is 0 Å². The molecule has 0 saturated carbocycles. The van der Waals surface area contributed by atoms with E-state index in [2.05, 4.69) is 21.2 Å². The summed E-state index contributed by atoms with van der Waals surface area (Å²) in [5.74, 6) is 0.741. The predicted molar refractivity (Wildman–Crippen MR) is 82.2 cm³/mol. The van der Waals surface area contributed by atoms with Crippen LogP contribution >= 0.6 is 15.9 Å². The van der Waals surface area contributed by atoms with Gasteiger partial charge in [0.15, 0.2) is 17.3 Å². The molecule has 1 aliphatic heterocycles. The Morgan fingerprint density at radius 2 is 1.95 bits per heavy atom. The van der Waals surface area contributed by atoms with E-state index in [0.717, 1.165) is 10.0 Å². The fourth-order valence-electron chi connectivity index (χ4n) is 2.01. The number of carbonyl (C=O) groups is 2. The number of hydrogen-bond donors (Lipinski definition) is 1. The smallest absolute Gasteiger partial charge is 0.232 e. The summed E-state index contributed by atoms with van der Waals surface area (Å²) in [4.78, 5) is 22.8. The zero-order chi connectivity index (χ0) is 15.4. The number of halogens is 1. The highest BCUT2D eigenvalue weighted by Crippen LogP contribution is 2.37. The highest BCUT2D eigenvalue weighted by Gasteiger charge is 2.24. The normalized spacial score (nSPS) is 16.2. The molecule has 0 bridgehead atoms. The van der Waals surface area contributed by atoms with Crippen LogP contribution < -0.4 is 14.8 Å². The first kappa shape index (κ1) is 15.6. The van der Waals surface area contributed by atoms with Crippen molar-refractivity contribution in [2.24, 2.45) is 0 Å². The molecular weight excluding hydrogens is 338 g/mol. The van der Waals surface area contributed by atoms with Gasteiger partial charge in [-0.1, -0.05) is 0 Å². The molecule has 1 aliphatic rings. The van der Waals surface area contributed by atoms with Crippen LogP contribution in [0.2, 0.25) is 0 Å². The molecule has 21 heavy (non-hydrogen) atoms. The highest BCUT2D eigenvalue weighted by atomic mass is 79.9. The fourth-order valence-corrected chi connectivity index (χ4v) is 2.58. The van der Waals surface area contributed by atoms with E-state index in [1.807, 2.05) is 19.9 Å². The van der Waals surface area contributed by atoms with Crippen LogP contribution in [0, 0.1) is 0 Å². The maximum atomic E-state index is 11.6. The largest absolute Gasteiger partial charge is 0.490 e. The second-order valence-electron chi connectivity index (χ2n) is 4.40. The molecule has 1 aromatic rings. The zero-order valence-corrected chi connectivity index (χ0v) is 13.5. The number of allylic oxidation sites excluding steroid dienone is 1. The lowest BCUT2D eigenvalue weighted by molar-refractivity contribution is -0.121. The Balaban J connectivity index is 2.39. The molecule has 1 aromatic carbocycles. The summed E-state index contributed by atoms with van der Waals surface area (Å²) in [7, 11) is 0. The minimum absolute atomic E-state index is 0.0949. The summed E-state index contributed by atoms with van der Waals surface area (Å²) in [6, 6.07) is 3.60. The number of rotatable bonds is 5. The number of ketones is 1. The number of carbonyl (C=O) groups excluding carboxylic acids is 2. The predicted octanol–water partition coefficient (Wildman–Crippen LogP) is 2.68. The molecule has 5 nitrogen and oxygen atoms in total. The molecule has 1 amide bonds. The van der Waals surface area contributed by atoms with Crippen LogP contribution in [0.5, 0.6) is 11.5 Å². The Hall–Kier alpha value is -1.82. The minimum atomic E-state index is -0.277. The fraction of sp³-hybridized carbons (Fsp3) is 0.333. The molecule has 0 aliphatic carbocycles. The Labute approximate surface area is 131 Å². The van der Waals surface area contributed by atoms with Gasteiger partial charge in [0.1, 0.15) is 0 Å². The topological polar surface area (TPSA) is 64.6 Å². The van der Waals surface area contributed by atoms with E-state index in [0.29, 0.717) is 30.4 Å². The van der Waals surface area contributed by atoms with Gasteiger partial charge in [-0.2, -0.15) is 0 Å². The first-order valence-corrected chi connectivity index (χ1v) is 7.48. The third-order valence-corrected chi connectivity index (χ3v) is 3.42. The number of benzene rings is 1. The van der Waals surface area contributed by atoms with Gasteiger partial charge in [0.2, 0.25) is 5.91 Å². The molecule has 0 spiro atoms. The van der Waals surface area contributed by atoms with Crippen LogP contribution in [0.15, 0.2) is 22.3 Å². The first-order chi connectivity index (χ1) is 10.0. The van der Waals surface area contributed by atoms with Crippen molar-refractivity contribution in [3.8, 4) is 11.5 Å². The molecule has 6 heteroatoms. The summed E-state index contributed by atoms with van der Waals surface area (Å²) in [5, 5.41) is 2.55. The van der Waals surface area contributed by atoms with Crippen molar-refractivity contribution in [2.45, 2.75) is 20.3 Å². The molecule has 2 rings (SSSR count). The molecule has 0 radical (unpaired) electrons. The van der Waals surface area contributed by atoms with Crippen LogP contribution in [-0.4, -0.2) is 24.9 Å². The molecule has 112 valence electrons. The average molecular weight is 354 g/mol. The van der Waals surface area contributed by atoms with Gasteiger partial charge < -0.3 is 14.8 Å². The van der Waals surface area contributed by atoms with Crippen LogP contribution in [0.1, 0.15) is 25.8 Å². The molecule has 0 unspecified atom stereocenters. The monoisotopic (exact) mass is 353 g/mol. The van der Waals surface area contributed by atoms with Crippen molar-refractivity contribution in [3.63, 3.8) is 0 Å². The standard InChI is InChI=1S/C15H16BrNO4/c1-3-20-13-7-9(5-10(16)15(13)21-4-2)6-11-12(18)8-14(19)17-11/h5-7H,3-4,8H2,1-2H3,(H,17,19)/b11-6-. The molecular formula is C15H16BrNO4. The van der Waals surface area contributed by atoms with Gasteiger partial charge >= 0.3 is 0 Å². The second kappa shape index (κ2) is 6.76. The molecule has 0 atom stereocenters. The van der Waals surface area contributed by atoms with Crippen molar-refractivity contribution in [2.75, 3.05) is 13.2 Å². The molecule has 1 heterocycles.